The summed E-state index contributed by atoms with van der Waals surface area (Å²) in [6.07, 6.45) is 0. The van der Waals surface area contributed by atoms with E-state index >= 15 is 0 Å². The summed E-state index contributed by atoms with van der Waals surface area (Å²) in [5.74, 6) is -0.616. The van der Waals surface area contributed by atoms with Gasteiger partial charge in [-0.25, -0.2) is 4.39 Å². The van der Waals surface area contributed by atoms with E-state index in [2.05, 4.69) is 0 Å². The molecule has 0 fully saturated rings. The third-order valence-electron chi connectivity index (χ3n) is 1.94. The Morgan fingerprint density at radius 1 is 1.57 bits per heavy atom. The van der Waals surface area contributed by atoms with Gasteiger partial charge in [0.1, 0.15) is 5.82 Å². The lowest BCUT2D eigenvalue weighted by Crippen LogP contribution is -2.21. The molecule has 0 saturated heterocycles. The molecular formula is C9H13FN2O2. The van der Waals surface area contributed by atoms with Gasteiger partial charge in [-0.2, -0.15) is 0 Å². The minimum Gasteiger partial charge on any atom is -0.504 e. The summed E-state index contributed by atoms with van der Waals surface area (Å²) in [5, 5.41) is 9.59. The zero-order valence-corrected chi connectivity index (χ0v) is 7.83. The number of hydrogen-bond acceptors (Lipinski definition) is 4. The molecule has 0 bridgehead atoms. The number of phenols is 1. The lowest BCUT2D eigenvalue weighted by molar-refractivity contribution is 0.365. The Balaban J connectivity index is 3.21. The number of hydrogen-bond donors (Lipinski definition) is 3. The molecule has 0 aliphatic carbocycles. The first-order valence-electron chi connectivity index (χ1n) is 4.12. The first kappa shape index (κ1) is 10.7. The zero-order chi connectivity index (χ0) is 10.7. The monoisotopic (exact) mass is 200 g/mol. The van der Waals surface area contributed by atoms with E-state index in [1.54, 1.807) is 0 Å². The molecule has 0 saturated carbocycles. The lowest BCUT2D eigenvalue weighted by Gasteiger charge is -2.13. The minimum atomic E-state index is -0.598. The standard InChI is InChI=1S/C9H13FN2O2/c1-14-8-3-5(10)2-6(9(8)13)7(12)4-11/h2-3,7,13H,4,11-12H2,1H3/t7-/m1/s1. The van der Waals surface area contributed by atoms with Crippen molar-refractivity contribution in [2.75, 3.05) is 13.7 Å². The maximum Gasteiger partial charge on any atom is 0.163 e. The Labute approximate surface area is 81.3 Å². The van der Waals surface area contributed by atoms with E-state index in [4.69, 9.17) is 16.2 Å². The summed E-state index contributed by atoms with van der Waals surface area (Å²) in [6.45, 7) is 0.125. The van der Waals surface area contributed by atoms with Crippen LogP contribution in [-0.2, 0) is 0 Å². The highest BCUT2D eigenvalue weighted by Gasteiger charge is 2.15. The van der Waals surface area contributed by atoms with Gasteiger partial charge in [-0.05, 0) is 6.07 Å². The molecule has 5 heteroatoms. The van der Waals surface area contributed by atoms with Gasteiger partial charge in [0.05, 0.1) is 7.11 Å². The Morgan fingerprint density at radius 2 is 2.21 bits per heavy atom. The molecule has 1 aromatic carbocycles. The van der Waals surface area contributed by atoms with Gasteiger partial charge in [-0.15, -0.1) is 0 Å². The van der Waals surface area contributed by atoms with Crippen molar-refractivity contribution in [3.05, 3.63) is 23.5 Å². The zero-order valence-electron chi connectivity index (χ0n) is 7.83. The third kappa shape index (κ3) is 1.94. The molecule has 0 aromatic heterocycles. The lowest BCUT2D eigenvalue weighted by atomic mass is 10.1. The van der Waals surface area contributed by atoms with Gasteiger partial charge in [0, 0.05) is 24.2 Å². The van der Waals surface area contributed by atoms with Crippen molar-refractivity contribution in [1.82, 2.24) is 0 Å². The number of methoxy groups -OCH3 is 1. The summed E-state index contributed by atoms with van der Waals surface area (Å²) >= 11 is 0. The molecule has 0 spiro atoms. The number of halogens is 1. The fourth-order valence-electron chi connectivity index (χ4n) is 1.16. The predicted molar refractivity (Wildman–Crippen MR) is 50.6 cm³/mol. The van der Waals surface area contributed by atoms with E-state index in [-0.39, 0.29) is 23.6 Å². The van der Waals surface area contributed by atoms with Crippen LogP contribution in [0.25, 0.3) is 0 Å². The largest absolute Gasteiger partial charge is 0.504 e. The minimum absolute atomic E-state index is 0.0592. The van der Waals surface area contributed by atoms with Crippen LogP contribution >= 0.6 is 0 Å². The molecule has 0 aliphatic heterocycles. The van der Waals surface area contributed by atoms with Crippen LogP contribution in [0.4, 0.5) is 4.39 Å². The van der Waals surface area contributed by atoms with E-state index in [0.29, 0.717) is 0 Å². The molecule has 0 aliphatic rings. The van der Waals surface area contributed by atoms with Gasteiger partial charge in [0.2, 0.25) is 0 Å². The average Bonchev–Trinajstić information content (AvgIpc) is 2.19. The SMILES string of the molecule is COc1cc(F)cc([C@H](N)CN)c1O. The first-order chi connectivity index (χ1) is 6.60. The maximum atomic E-state index is 13.0. The molecule has 0 heterocycles. The molecule has 1 atom stereocenters. The van der Waals surface area contributed by atoms with Crippen LogP contribution in [0.1, 0.15) is 11.6 Å². The van der Waals surface area contributed by atoms with Gasteiger partial charge in [0.25, 0.3) is 0 Å². The smallest absolute Gasteiger partial charge is 0.163 e. The number of benzene rings is 1. The molecule has 4 nitrogen and oxygen atoms in total. The van der Waals surface area contributed by atoms with E-state index in [0.717, 1.165) is 12.1 Å². The van der Waals surface area contributed by atoms with E-state index in [1.807, 2.05) is 0 Å². The normalized spacial score (nSPS) is 12.6. The topological polar surface area (TPSA) is 81.5 Å². The Bertz CT molecular complexity index is 331. The van der Waals surface area contributed by atoms with Crippen molar-refractivity contribution in [1.29, 1.82) is 0 Å². The molecule has 5 N–H and O–H groups in total. The van der Waals surface area contributed by atoms with Crippen LogP contribution < -0.4 is 16.2 Å². The Hall–Kier alpha value is -1.33. The number of ether oxygens (including phenoxy) is 1. The van der Waals surface area contributed by atoms with Gasteiger partial charge in [-0.3, -0.25) is 0 Å². The summed E-state index contributed by atoms with van der Waals surface area (Å²) in [6, 6.07) is 1.64. The summed E-state index contributed by atoms with van der Waals surface area (Å²) in [5.41, 5.74) is 11.1. The van der Waals surface area contributed by atoms with Crippen LogP contribution in [0, 0.1) is 5.82 Å². The number of rotatable bonds is 3. The van der Waals surface area contributed by atoms with Crippen molar-refractivity contribution in [2.24, 2.45) is 11.5 Å². The average molecular weight is 200 g/mol. The van der Waals surface area contributed by atoms with Crippen molar-refractivity contribution in [2.45, 2.75) is 6.04 Å². The van der Waals surface area contributed by atoms with Gasteiger partial charge in [0.15, 0.2) is 11.5 Å². The second kappa shape index (κ2) is 4.26. The van der Waals surface area contributed by atoms with Crippen LogP contribution in [0.5, 0.6) is 11.5 Å². The van der Waals surface area contributed by atoms with E-state index in [1.165, 1.54) is 7.11 Å². The molecule has 1 rings (SSSR count). The van der Waals surface area contributed by atoms with Crippen molar-refractivity contribution < 1.29 is 14.2 Å². The van der Waals surface area contributed by atoms with Crippen LogP contribution in [0.2, 0.25) is 0 Å². The van der Waals surface area contributed by atoms with Crippen LogP contribution in [0.15, 0.2) is 12.1 Å². The van der Waals surface area contributed by atoms with E-state index in [9.17, 15) is 9.50 Å². The highest BCUT2D eigenvalue weighted by Crippen LogP contribution is 2.33. The van der Waals surface area contributed by atoms with Crippen LogP contribution in [-0.4, -0.2) is 18.8 Å². The molecule has 78 valence electrons. The second-order valence-electron chi connectivity index (χ2n) is 2.89. The quantitative estimate of drug-likeness (QED) is 0.663. The Kier molecular flexibility index (Phi) is 3.27. The molecule has 1 aromatic rings. The van der Waals surface area contributed by atoms with Crippen molar-refractivity contribution in [3.63, 3.8) is 0 Å². The van der Waals surface area contributed by atoms with Crippen molar-refractivity contribution in [3.8, 4) is 11.5 Å². The fourth-order valence-corrected chi connectivity index (χ4v) is 1.16. The maximum absolute atomic E-state index is 13.0. The third-order valence-corrected chi connectivity index (χ3v) is 1.94. The molecule has 0 radical (unpaired) electrons. The highest BCUT2D eigenvalue weighted by molar-refractivity contribution is 5.47. The summed E-state index contributed by atoms with van der Waals surface area (Å²) < 4.78 is 17.8. The molecule has 0 unspecified atom stereocenters. The number of nitrogens with two attached hydrogens (primary N) is 2. The first-order valence-corrected chi connectivity index (χ1v) is 4.12. The predicted octanol–water partition coefficient (Wildman–Crippen LogP) is 0.498. The fraction of sp³-hybridized carbons (Fsp3) is 0.333. The molecule has 14 heavy (non-hydrogen) atoms. The second-order valence-corrected chi connectivity index (χ2v) is 2.89. The van der Waals surface area contributed by atoms with Gasteiger partial charge >= 0.3 is 0 Å². The summed E-state index contributed by atoms with van der Waals surface area (Å²) in [7, 11) is 1.34. The Morgan fingerprint density at radius 3 is 2.71 bits per heavy atom. The number of phenolic OH excluding ortho intramolecular Hbond substituents is 1. The van der Waals surface area contributed by atoms with Crippen molar-refractivity contribution >= 4 is 0 Å². The highest BCUT2D eigenvalue weighted by atomic mass is 19.1. The van der Waals surface area contributed by atoms with Gasteiger partial charge < -0.3 is 21.3 Å². The molecule has 0 amide bonds. The van der Waals surface area contributed by atoms with Crippen LogP contribution in [0.3, 0.4) is 0 Å². The number of aromatic hydroxyl groups is 1. The van der Waals surface area contributed by atoms with Gasteiger partial charge in [-0.1, -0.05) is 0 Å². The summed E-state index contributed by atoms with van der Waals surface area (Å²) in [4.78, 5) is 0. The molecular weight excluding hydrogens is 187 g/mol. The van der Waals surface area contributed by atoms with E-state index < -0.39 is 11.9 Å².